The van der Waals surface area contributed by atoms with Crippen LogP contribution in [0.25, 0.3) is 0 Å². The highest BCUT2D eigenvalue weighted by Crippen LogP contribution is 2.68. The Morgan fingerprint density at radius 1 is 1.29 bits per heavy atom. The van der Waals surface area contributed by atoms with Crippen LogP contribution in [-0.2, 0) is 9.53 Å². The molecule has 4 heteroatoms. The molecular formula is C27H41NO3. The van der Waals surface area contributed by atoms with Gasteiger partial charge in [0.15, 0.2) is 5.78 Å². The van der Waals surface area contributed by atoms with E-state index in [-0.39, 0.29) is 17.9 Å². The monoisotopic (exact) mass is 427 g/mol. The SMILES string of the molecule is C[C@H]1[C@H]2[C@H](C[C@H]3[C@@H]4C=CC5=CC(=O)CC[C@]5(C)[C@H]4CC[C@]23C)O[C@@H]1CCC(CN)CO. The minimum absolute atomic E-state index is 0.170. The minimum Gasteiger partial charge on any atom is -0.396 e. The molecule has 0 spiro atoms. The summed E-state index contributed by atoms with van der Waals surface area (Å²) in [6, 6.07) is 0. The van der Waals surface area contributed by atoms with Gasteiger partial charge in [-0.25, -0.2) is 0 Å². The Labute approximate surface area is 187 Å². The topological polar surface area (TPSA) is 72.5 Å². The molecule has 1 unspecified atom stereocenters. The van der Waals surface area contributed by atoms with Gasteiger partial charge in [0, 0.05) is 13.0 Å². The summed E-state index contributed by atoms with van der Waals surface area (Å²) < 4.78 is 6.72. The van der Waals surface area contributed by atoms with E-state index in [0.717, 1.165) is 19.3 Å². The third-order valence-corrected chi connectivity index (χ3v) is 10.6. The van der Waals surface area contributed by atoms with Gasteiger partial charge in [0.2, 0.25) is 0 Å². The van der Waals surface area contributed by atoms with E-state index in [2.05, 4.69) is 32.9 Å². The fourth-order valence-corrected chi connectivity index (χ4v) is 8.70. The summed E-state index contributed by atoms with van der Waals surface area (Å²) in [5.74, 6) is 3.68. The number of rotatable bonds is 5. The molecule has 172 valence electrons. The Morgan fingerprint density at radius 3 is 2.84 bits per heavy atom. The maximum Gasteiger partial charge on any atom is 0.156 e. The normalized spacial score (nSPS) is 49.1. The Balaban J connectivity index is 1.35. The number of carbonyl (C=O) groups is 1. The number of hydrogen-bond donors (Lipinski definition) is 2. The van der Waals surface area contributed by atoms with E-state index in [1.807, 2.05) is 6.08 Å². The second-order valence-corrected chi connectivity index (χ2v) is 11.9. The van der Waals surface area contributed by atoms with Gasteiger partial charge in [-0.3, -0.25) is 4.79 Å². The van der Waals surface area contributed by atoms with E-state index in [4.69, 9.17) is 10.5 Å². The van der Waals surface area contributed by atoms with Crippen molar-refractivity contribution in [3.05, 3.63) is 23.8 Å². The fourth-order valence-electron chi connectivity index (χ4n) is 8.70. The van der Waals surface area contributed by atoms with Gasteiger partial charge in [-0.15, -0.1) is 0 Å². The van der Waals surface area contributed by atoms with E-state index in [9.17, 15) is 9.90 Å². The zero-order chi connectivity index (χ0) is 22.0. The smallest absolute Gasteiger partial charge is 0.156 e. The van der Waals surface area contributed by atoms with Gasteiger partial charge in [-0.2, -0.15) is 0 Å². The molecule has 5 rings (SSSR count). The third-order valence-electron chi connectivity index (χ3n) is 10.6. The number of hydrogen-bond acceptors (Lipinski definition) is 4. The fraction of sp³-hybridized carbons (Fsp3) is 0.815. The van der Waals surface area contributed by atoms with Crippen LogP contribution < -0.4 is 5.73 Å². The number of nitrogens with two attached hydrogens (primary N) is 1. The summed E-state index contributed by atoms with van der Waals surface area (Å²) in [4.78, 5) is 12.0. The van der Waals surface area contributed by atoms with Crippen LogP contribution in [0, 0.1) is 46.3 Å². The lowest BCUT2D eigenvalue weighted by molar-refractivity contribution is -0.116. The van der Waals surface area contributed by atoms with Crippen LogP contribution in [-0.4, -0.2) is 36.2 Å². The van der Waals surface area contributed by atoms with Crippen LogP contribution in [0.2, 0.25) is 0 Å². The van der Waals surface area contributed by atoms with Crippen LogP contribution in [0.1, 0.15) is 65.7 Å². The number of fused-ring (bicyclic) bond motifs is 7. The zero-order valence-electron chi connectivity index (χ0n) is 19.6. The Bertz CT molecular complexity index is 785. The summed E-state index contributed by atoms with van der Waals surface area (Å²) in [6.07, 6.45) is 14.8. The van der Waals surface area contributed by atoms with Gasteiger partial charge in [-0.05, 0) is 103 Å². The van der Waals surface area contributed by atoms with Crippen molar-refractivity contribution in [1.82, 2.24) is 0 Å². The van der Waals surface area contributed by atoms with Crippen molar-refractivity contribution < 1.29 is 14.6 Å². The average Bonchev–Trinajstić information content (AvgIpc) is 3.23. The average molecular weight is 428 g/mol. The first-order valence-electron chi connectivity index (χ1n) is 12.7. The first kappa shape index (κ1) is 21.9. The third kappa shape index (κ3) is 3.23. The zero-order valence-corrected chi connectivity index (χ0v) is 19.6. The molecule has 4 aliphatic carbocycles. The van der Waals surface area contributed by atoms with Crippen molar-refractivity contribution in [3.63, 3.8) is 0 Å². The van der Waals surface area contributed by atoms with Crippen molar-refractivity contribution in [1.29, 1.82) is 0 Å². The summed E-state index contributed by atoms with van der Waals surface area (Å²) in [5.41, 5.74) is 7.60. The van der Waals surface area contributed by atoms with Crippen LogP contribution in [0.4, 0.5) is 0 Å². The van der Waals surface area contributed by atoms with E-state index >= 15 is 0 Å². The highest BCUT2D eigenvalue weighted by Gasteiger charge is 2.64. The molecule has 1 heterocycles. The predicted octanol–water partition coefficient (Wildman–Crippen LogP) is 4.27. The number of ether oxygens (including phenoxy) is 1. The number of allylic oxidation sites excluding steroid dienone is 4. The van der Waals surface area contributed by atoms with E-state index in [1.54, 1.807) is 0 Å². The van der Waals surface area contributed by atoms with Crippen molar-refractivity contribution in [2.75, 3.05) is 13.2 Å². The summed E-state index contributed by atoms with van der Waals surface area (Å²) >= 11 is 0. The molecule has 0 amide bonds. The lowest BCUT2D eigenvalue weighted by Crippen LogP contribution is -2.49. The Hall–Kier alpha value is -0.970. The molecule has 2 saturated carbocycles. The molecule has 0 aromatic rings. The second kappa shape index (κ2) is 7.81. The Morgan fingerprint density at radius 2 is 2.10 bits per heavy atom. The highest BCUT2D eigenvalue weighted by atomic mass is 16.5. The van der Waals surface area contributed by atoms with Gasteiger partial charge in [0.1, 0.15) is 0 Å². The van der Waals surface area contributed by atoms with Gasteiger partial charge < -0.3 is 15.6 Å². The molecule has 0 radical (unpaired) electrons. The summed E-state index contributed by atoms with van der Waals surface area (Å²) in [5, 5.41) is 9.50. The molecule has 0 aromatic heterocycles. The quantitative estimate of drug-likeness (QED) is 0.687. The second-order valence-electron chi connectivity index (χ2n) is 11.9. The molecule has 0 aromatic carbocycles. The van der Waals surface area contributed by atoms with Crippen molar-refractivity contribution in [2.24, 2.45) is 52.1 Å². The standard InChI is InChI=1S/C27H41NO3/c1-16-23(7-4-17(14-28)15-29)31-24-13-22-20-6-5-18-12-19(30)8-10-26(18,2)21(20)9-11-27(22,3)25(16)24/h5-6,12,16-17,20-25,29H,4,7-11,13-15,28H2,1-3H3/t16-,17?,20-,21+,22+,23-,24+,25+,26+,27+/m1/s1. The molecule has 3 fully saturated rings. The van der Waals surface area contributed by atoms with Crippen molar-refractivity contribution in [3.8, 4) is 0 Å². The van der Waals surface area contributed by atoms with Crippen molar-refractivity contribution in [2.45, 2.75) is 77.9 Å². The number of ketones is 1. The maximum absolute atomic E-state index is 12.0. The number of aliphatic hydroxyl groups excluding tert-OH is 1. The molecule has 0 bridgehead atoms. The molecule has 3 N–H and O–H groups in total. The number of aliphatic hydroxyl groups is 1. The number of carbonyl (C=O) groups excluding carboxylic acids is 1. The van der Waals surface area contributed by atoms with E-state index in [1.165, 1.54) is 24.8 Å². The van der Waals surface area contributed by atoms with Crippen LogP contribution in [0.15, 0.2) is 23.8 Å². The predicted molar refractivity (Wildman–Crippen MR) is 122 cm³/mol. The summed E-state index contributed by atoms with van der Waals surface area (Å²) in [7, 11) is 0. The molecule has 1 saturated heterocycles. The first-order valence-corrected chi connectivity index (χ1v) is 12.7. The largest absolute Gasteiger partial charge is 0.396 e. The molecule has 5 aliphatic rings. The highest BCUT2D eigenvalue weighted by molar-refractivity contribution is 5.92. The molecule has 4 nitrogen and oxygen atoms in total. The van der Waals surface area contributed by atoms with Crippen LogP contribution in [0.3, 0.4) is 0 Å². The van der Waals surface area contributed by atoms with Crippen LogP contribution >= 0.6 is 0 Å². The van der Waals surface area contributed by atoms with Gasteiger partial charge in [0.25, 0.3) is 0 Å². The van der Waals surface area contributed by atoms with E-state index in [0.29, 0.717) is 66.0 Å². The lowest BCUT2D eigenvalue weighted by atomic mass is 9.48. The lowest BCUT2D eigenvalue weighted by Gasteiger charge is -2.56. The van der Waals surface area contributed by atoms with Gasteiger partial charge >= 0.3 is 0 Å². The van der Waals surface area contributed by atoms with Gasteiger partial charge in [-0.1, -0.05) is 32.9 Å². The Kier molecular flexibility index (Phi) is 5.51. The molecule has 1 aliphatic heterocycles. The maximum atomic E-state index is 12.0. The molecule has 10 atom stereocenters. The van der Waals surface area contributed by atoms with Crippen molar-refractivity contribution >= 4 is 5.78 Å². The van der Waals surface area contributed by atoms with Crippen LogP contribution in [0.5, 0.6) is 0 Å². The summed E-state index contributed by atoms with van der Waals surface area (Å²) in [6.45, 7) is 8.14. The van der Waals surface area contributed by atoms with E-state index < -0.39 is 0 Å². The minimum atomic E-state index is 0.170. The molecular weight excluding hydrogens is 386 g/mol. The first-order chi connectivity index (χ1) is 14.8. The van der Waals surface area contributed by atoms with Gasteiger partial charge in [0.05, 0.1) is 12.2 Å². The molecule has 31 heavy (non-hydrogen) atoms.